The molecule has 0 unspecified atom stereocenters. The van der Waals surface area contributed by atoms with E-state index in [-0.39, 0.29) is 19.0 Å². The van der Waals surface area contributed by atoms with Crippen LogP contribution in [0.5, 0.6) is 0 Å². The Morgan fingerprint density at radius 1 is 1.19 bits per heavy atom. The average molecular weight is 221 g/mol. The number of rotatable bonds is 2. The van der Waals surface area contributed by atoms with E-state index in [1.54, 1.807) is 0 Å². The summed E-state index contributed by atoms with van der Waals surface area (Å²) in [6, 6.07) is 9.45. The third kappa shape index (κ3) is 2.40. The average Bonchev–Trinajstić information content (AvgIpc) is 2.61. The molecule has 1 heterocycles. The second-order valence-corrected chi connectivity index (χ2v) is 4.10. The van der Waals surface area contributed by atoms with Gasteiger partial charge in [-0.2, -0.15) is 0 Å². The Balaban J connectivity index is 1.95. The van der Waals surface area contributed by atoms with Crippen molar-refractivity contribution in [1.82, 2.24) is 4.90 Å². The minimum absolute atomic E-state index is 0.0539. The van der Waals surface area contributed by atoms with Crippen LogP contribution in [0.2, 0.25) is 0 Å². The number of benzene rings is 1. The number of nitrogens with zero attached hydrogens (tertiary/aromatic N) is 1. The summed E-state index contributed by atoms with van der Waals surface area (Å²) in [6.45, 7) is 0.458. The van der Waals surface area contributed by atoms with Gasteiger partial charge in [-0.3, -0.25) is 4.79 Å². The van der Waals surface area contributed by atoms with Crippen LogP contribution in [0.3, 0.4) is 0 Å². The largest absolute Gasteiger partial charge is 0.388 e. The molecule has 0 aliphatic carbocycles. The minimum atomic E-state index is -0.806. The molecule has 0 saturated carbocycles. The first-order chi connectivity index (χ1) is 7.66. The summed E-state index contributed by atoms with van der Waals surface area (Å²) >= 11 is 0. The predicted molar refractivity (Wildman–Crippen MR) is 58.7 cm³/mol. The quantitative estimate of drug-likeness (QED) is 0.726. The van der Waals surface area contributed by atoms with Crippen LogP contribution in [-0.2, 0) is 11.2 Å². The Labute approximate surface area is 94.1 Å². The number of likely N-dealkylation sites (tertiary alicyclic amines) is 1. The van der Waals surface area contributed by atoms with E-state index in [2.05, 4.69) is 0 Å². The molecule has 1 saturated heterocycles. The molecule has 1 fully saturated rings. The maximum Gasteiger partial charge on any atom is 0.227 e. The van der Waals surface area contributed by atoms with E-state index in [1.807, 2.05) is 30.3 Å². The highest BCUT2D eigenvalue weighted by atomic mass is 16.3. The number of hydrogen-bond donors (Lipinski definition) is 2. The summed E-state index contributed by atoms with van der Waals surface area (Å²) in [7, 11) is 0. The standard InChI is InChI=1S/C12H15NO3/c14-10-7-13(8-11(10)15)12(16)6-9-4-2-1-3-5-9/h1-5,10-11,14-15H,6-8H2/t10-,11+. The van der Waals surface area contributed by atoms with Crippen LogP contribution in [-0.4, -0.2) is 46.3 Å². The van der Waals surface area contributed by atoms with Crippen LogP contribution in [0.4, 0.5) is 0 Å². The SMILES string of the molecule is O=C(Cc1ccccc1)N1C[C@@H](O)[C@@H](O)C1. The van der Waals surface area contributed by atoms with Crippen LogP contribution in [0.25, 0.3) is 0 Å². The molecule has 4 nitrogen and oxygen atoms in total. The van der Waals surface area contributed by atoms with Gasteiger partial charge in [0.05, 0.1) is 18.6 Å². The lowest BCUT2D eigenvalue weighted by Gasteiger charge is -2.15. The second kappa shape index (κ2) is 4.63. The molecule has 0 bridgehead atoms. The van der Waals surface area contributed by atoms with Gasteiger partial charge >= 0.3 is 0 Å². The Kier molecular flexibility index (Phi) is 3.22. The van der Waals surface area contributed by atoms with Gasteiger partial charge < -0.3 is 15.1 Å². The summed E-state index contributed by atoms with van der Waals surface area (Å²) in [4.78, 5) is 13.3. The van der Waals surface area contributed by atoms with E-state index >= 15 is 0 Å². The number of carbonyl (C=O) groups is 1. The van der Waals surface area contributed by atoms with Crippen molar-refractivity contribution in [3.8, 4) is 0 Å². The summed E-state index contributed by atoms with van der Waals surface area (Å²) < 4.78 is 0. The molecule has 1 aromatic carbocycles. The number of carbonyl (C=O) groups excluding carboxylic acids is 1. The third-order valence-corrected chi connectivity index (χ3v) is 2.81. The van der Waals surface area contributed by atoms with Crippen molar-refractivity contribution in [1.29, 1.82) is 0 Å². The van der Waals surface area contributed by atoms with Crippen molar-refractivity contribution in [3.05, 3.63) is 35.9 Å². The number of hydrogen-bond acceptors (Lipinski definition) is 3. The highest BCUT2D eigenvalue weighted by Gasteiger charge is 2.32. The maximum atomic E-state index is 11.8. The molecule has 2 atom stereocenters. The van der Waals surface area contributed by atoms with Crippen molar-refractivity contribution in [3.63, 3.8) is 0 Å². The van der Waals surface area contributed by atoms with Gasteiger partial charge in [0.2, 0.25) is 5.91 Å². The van der Waals surface area contributed by atoms with Crippen LogP contribution >= 0.6 is 0 Å². The highest BCUT2D eigenvalue weighted by Crippen LogP contribution is 2.12. The van der Waals surface area contributed by atoms with E-state index in [4.69, 9.17) is 0 Å². The zero-order valence-electron chi connectivity index (χ0n) is 8.91. The van der Waals surface area contributed by atoms with Crippen molar-refractivity contribution < 1.29 is 15.0 Å². The Bertz CT molecular complexity index is 356. The Morgan fingerprint density at radius 3 is 2.31 bits per heavy atom. The zero-order chi connectivity index (χ0) is 11.5. The van der Waals surface area contributed by atoms with Gasteiger partial charge in [-0.1, -0.05) is 30.3 Å². The van der Waals surface area contributed by atoms with E-state index in [9.17, 15) is 15.0 Å². The summed E-state index contributed by atoms with van der Waals surface area (Å²) in [5.41, 5.74) is 0.948. The molecule has 4 heteroatoms. The molecule has 1 aliphatic heterocycles. The van der Waals surface area contributed by atoms with E-state index in [1.165, 1.54) is 4.90 Å². The minimum Gasteiger partial charge on any atom is -0.388 e. The molecule has 1 amide bonds. The Hall–Kier alpha value is -1.39. The third-order valence-electron chi connectivity index (χ3n) is 2.81. The van der Waals surface area contributed by atoms with Crippen molar-refractivity contribution in [2.45, 2.75) is 18.6 Å². The Morgan fingerprint density at radius 2 is 1.75 bits per heavy atom. The first kappa shape index (κ1) is 11.1. The molecule has 86 valence electrons. The normalized spacial score (nSPS) is 24.8. The topological polar surface area (TPSA) is 60.8 Å². The molecular weight excluding hydrogens is 206 g/mol. The monoisotopic (exact) mass is 221 g/mol. The lowest BCUT2D eigenvalue weighted by atomic mass is 10.1. The van der Waals surface area contributed by atoms with Crippen LogP contribution in [0, 0.1) is 0 Å². The highest BCUT2D eigenvalue weighted by molar-refractivity contribution is 5.79. The predicted octanol–water partition coefficient (Wildman–Crippen LogP) is -0.207. The molecule has 0 radical (unpaired) electrons. The molecule has 0 spiro atoms. The van der Waals surface area contributed by atoms with Gasteiger partial charge in [-0.05, 0) is 5.56 Å². The van der Waals surface area contributed by atoms with Crippen molar-refractivity contribution >= 4 is 5.91 Å². The van der Waals surface area contributed by atoms with E-state index in [0.717, 1.165) is 5.56 Å². The molecule has 1 aromatic rings. The van der Waals surface area contributed by atoms with Gasteiger partial charge in [-0.25, -0.2) is 0 Å². The fraction of sp³-hybridized carbons (Fsp3) is 0.417. The lowest BCUT2D eigenvalue weighted by molar-refractivity contribution is -0.129. The van der Waals surface area contributed by atoms with Gasteiger partial charge in [-0.15, -0.1) is 0 Å². The number of aliphatic hydroxyl groups is 2. The molecule has 1 aliphatic rings. The van der Waals surface area contributed by atoms with E-state index in [0.29, 0.717) is 6.42 Å². The number of aliphatic hydroxyl groups excluding tert-OH is 2. The van der Waals surface area contributed by atoms with Gasteiger partial charge in [0.1, 0.15) is 0 Å². The molecular formula is C12H15NO3. The van der Waals surface area contributed by atoms with Crippen molar-refractivity contribution in [2.24, 2.45) is 0 Å². The smallest absolute Gasteiger partial charge is 0.227 e. The van der Waals surface area contributed by atoms with Gasteiger partial charge in [0.15, 0.2) is 0 Å². The fourth-order valence-electron chi connectivity index (χ4n) is 1.86. The zero-order valence-corrected chi connectivity index (χ0v) is 8.91. The number of amides is 1. The summed E-state index contributed by atoms with van der Waals surface area (Å²) in [5, 5.41) is 18.7. The second-order valence-electron chi connectivity index (χ2n) is 4.10. The summed E-state index contributed by atoms with van der Waals surface area (Å²) in [6.07, 6.45) is -1.29. The molecule has 2 rings (SSSR count). The van der Waals surface area contributed by atoms with Crippen LogP contribution < -0.4 is 0 Å². The first-order valence-electron chi connectivity index (χ1n) is 5.34. The lowest BCUT2D eigenvalue weighted by Crippen LogP contribution is -2.31. The molecule has 16 heavy (non-hydrogen) atoms. The summed E-state index contributed by atoms with van der Waals surface area (Å²) in [5.74, 6) is -0.0539. The molecule has 2 N–H and O–H groups in total. The van der Waals surface area contributed by atoms with Gasteiger partial charge in [0, 0.05) is 13.1 Å². The van der Waals surface area contributed by atoms with Crippen LogP contribution in [0.15, 0.2) is 30.3 Å². The van der Waals surface area contributed by atoms with Crippen molar-refractivity contribution in [2.75, 3.05) is 13.1 Å². The number of β-amino-alcohol motifs (C(OH)–C–C–N with tert-alkyl or cyclic N) is 2. The fourth-order valence-corrected chi connectivity index (χ4v) is 1.86. The van der Waals surface area contributed by atoms with Crippen LogP contribution in [0.1, 0.15) is 5.56 Å². The maximum absolute atomic E-state index is 11.8. The van der Waals surface area contributed by atoms with E-state index < -0.39 is 12.2 Å². The van der Waals surface area contributed by atoms with Gasteiger partial charge in [0.25, 0.3) is 0 Å². The molecule has 0 aromatic heterocycles. The first-order valence-corrected chi connectivity index (χ1v) is 5.34.